The van der Waals surface area contributed by atoms with E-state index in [-0.39, 0.29) is 6.42 Å². The van der Waals surface area contributed by atoms with Crippen molar-refractivity contribution in [2.45, 2.75) is 25.4 Å². The molecule has 1 atom stereocenters. The highest BCUT2D eigenvalue weighted by atomic mass is 32.1. The van der Waals surface area contributed by atoms with Crippen molar-refractivity contribution in [3.63, 3.8) is 0 Å². The van der Waals surface area contributed by atoms with Gasteiger partial charge in [0.2, 0.25) is 0 Å². The SMILES string of the molecule is N#CCC(O)CCc1nc2ccccc2s1. The zero-order chi connectivity index (χ0) is 11.4. The summed E-state index contributed by atoms with van der Waals surface area (Å²) in [5.41, 5.74) is 1.01. The van der Waals surface area contributed by atoms with Crippen LogP contribution in [0.2, 0.25) is 0 Å². The number of nitriles is 1. The van der Waals surface area contributed by atoms with Crippen LogP contribution in [-0.4, -0.2) is 16.2 Å². The average Bonchev–Trinajstić information content (AvgIpc) is 2.69. The monoisotopic (exact) mass is 232 g/mol. The van der Waals surface area contributed by atoms with Gasteiger partial charge in [0, 0.05) is 6.42 Å². The van der Waals surface area contributed by atoms with Gasteiger partial charge in [0.05, 0.1) is 33.8 Å². The molecule has 4 heteroatoms. The second-order valence-corrected chi connectivity index (χ2v) is 4.75. The molecule has 1 N–H and O–H groups in total. The van der Waals surface area contributed by atoms with Crippen LogP contribution in [0, 0.1) is 11.3 Å². The number of nitrogens with zero attached hydrogens (tertiary/aromatic N) is 2. The first-order valence-electron chi connectivity index (χ1n) is 5.19. The third kappa shape index (κ3) is 2.57. The quantitative estimate of drug-likeness (QED) is 0.881. The molecule has 0 amide bonds. The van der Waals surface area contributed by atoms with E-state index in [1.165, 1.54) is 4.70 Å². The standard InChI is InChI=1S/C12H12N2OS/c13-8-7-9(15)5-6-12-14-10-3-1-2-4-11(10)16-12/h1-4,9,15H,5-7H2. The molecule has 0 saturated carbocycles. The molecule has 1 heterocycles. The van der Waals surface area contributed by atoms with Crippen molar-refractivity contribution in [3.05, 3.63) is 29.3 Å². The highest BCUT2D eigenvalue weighted by molar-refractivity contribution is 7.18. The van der Waals surface area contributed by atoms with Gasteiger partial charge in [-0.05, 0) is 18.6 Å². The Bertz CT molecular complexity index is 482. The largest absolute Gasteiger partial charge is 0.392 e. The van der Waals surface area contributed by atoms with Crippen LogP contribution in [0.1, 0.15) is 17.8 Å². The van der Waals surface area contributed by atoms with Gasteiger partial charge in [-0.2, -0.15) is 5.26 Å². The molecule has 82 valence electrons. The number of fused-ring (bicyclic) bond motifs is 1. The number of aryl methyl sites for hydroxylation is 1. The summed E-state index contributed by atoms with van der Waals surface area (Å²) >= 11 is 1.65. The van der Waals surface area contributed by atoms with Gasteiger partial charge < -0.3 is 5.11 Å². The Morgan fingerprint density at radius 3 is 3.00 bits per heavy atom. The Morgan fingerprint density at radius 1 is 1.44 bits per heavy atom. The lowest BCUT2D eigenvalue weighted by molar-refractivity contribution is 0.170. The van der Waals surface area contributed by atoms with Crippen molar-refractivity contribution in [1.82, 2.24) is 4.98 Å². The highest BCUT2D eigenvalue weighted by Gasteiger charge is 2.07. The van der Waals surface area contributed by atoms with Crippen molar-refractivity contribution in [1.29, 1.82) is 5.26 Å². The number of aromatic nitrogens is 1. The Labute approximate surface area is 98.0 Å². The molecule has 3 nitrogen and oxygen atoms in total. The van der Waals surface area contributed by atoms with Crippen LogP contribution in [0.3, 0.4) is 0 Å². The van der Waals surface area contributed by atoms with E-state index in [9.17, 15) is 5.11 Å². The zero-order valence-corrected chi connectivity index (χ0v) is 9.57. The minimum atomic E-state index is -0.531. The van der Waals surface area contributed by atoms with E-state index >= 15 is 0 Å². The van der Waals surface area contributed by atoms with Crippen LogP contribution >= 0.6 is 11.3 Å². The van der Waals surface area contributed by atoms with E-state index in [0.717, 1.165) is 16.9 Å². The molecule has 1 aromatic heterocycles. The van der Waals surface area contributed by atoms with Gasteiger partial charge in [-0.15, -0.1) is 11.3 Å². The van der Waals surface area contributed by atoms with Gasteiger partial charge in [-0.25, -0.2) is 4.98 Å². The predicted octanol–water partition coefficient (Wildman–Crippen LogP) is 2.50. The fraction of sp³-hybridized carbons (Fsp3) is 0.333. The predicted molar refractivity (Wildman–Crippen MR) is 64.2 cm³/mol. The van der Waals surface area contributed by atoms with Crippen LogP contribution in [0.25, 0.3) is 10.2 Å². The molecular formula is C12H12N2OS. The summed E-state index contributed by atoms with van der Waals surface area (Å²) in [7, 11) is 0. The minimum Gasteiger partial charge on any atom is -0.392 e. The van der Waals surface area contributed by atoms with Crippen molar-refractivity contribution < 1.29 is 5.11 Å². The maximum atomic E-state index is 9.44. The third-order valence-electron chi connectivity index (χ3n) is 2.36. The van der Waals surface area contributed by atoms with E-state index in [4.69, 9.17) is 5.26 Å². The summed E-state index contributed by atoms with van der Waals surface area (Å²) < 4.78 is 1.17. The fourth-order valence-electron chi connectivity index (χ4n) is 1.52. The summed E-state index contributed by atoms with van der Waals surface area (Å²) in [6.45, 7) is 0. The molecule has 0 aliphatic carbocycles. The molecule has 0 spiro atoms. The maximum Gasteiger partial charge on any atom is 0.0939 e. The molecule has 0 bridgehead atoms. The number of para-hydroxylation sites is 1. The summed E-state index contributed by atoms with van der Waals surface area (Å²) in [5.74, 6) is 0. The topological polar surface area (TPSA) is 56.9 Å². The van der Waals surface area contributed by atoms with Gasteiger partial charge in [-0.3, -0.25) is 0 Å². The number of thiazole rings is 1. The molecule has 2 aromatic rings. The summed E-state index contributed by atoms with van der Waals surface area (Å²) in [5, 5.41) is 18.9. The number of aliphatic hydroxyl groups is 1. The van der Waals surface area contributed by atoms with Crippen LogP contribution in [-0.2, 0) is 6.42 Å². The van der Waals surface area contributed by atoms with Gasteiger partial charge in [0.1, 0.15) is 0 Å². The van der Waals surface area contributed by atoms with Crippen molar-refractivity contribution in [2.75, 3.05) is 0 Å². The Hall–Kier alpha value is -1.44. The number of benzene rings is 1. The van der Waals surface area contributed by atoms with E-state index in [1.807, 2.05) is 30.3 Å². The van der Waals surface area contributed by atoms with Crippen LogP contribution < -0.4 is 0 Å². The van der Waals surface area contributed by atoms with E-state index in [1.54, 1.807) is 11.3 Å². The van der Waals surface area contributed by atoms with Crippen LogP contribution in [0.15, 0.2) is 24.3 Å². The molecule has 0 radical (unpaired) electrons. The van der Waals surface area contributed by atoms with Crippen molar-refractivity contribution in [3.8, 4) is 6.07 Å². The molecule has 16 heavy (non-hydrogen) atoms. The van der Waals surface area contributed by atoms with E-state index in [0.29, 0.717) is 6.42 Å². The highest BCUT2D eigenvalue weighted by Crippen LogP contribution is 2.22. The van der Waals surface area contributed by atoms with Gasteiger partial charge in [0.25, 0.3) is 0 Å². The normalized spacial score (nSPS) is 12.5. The molecule has 0 saturated heterocycles. The van der Waals surface area contributed by atoms with Crippen molar-refractivity contribution >= 4 is 21.6 Å². The van der Waals surface area contributed by atoms with E-state index < -0.39 is 6.10 Å². The summed E-state index contributed by atoms with van der Waals surface area (Å²) in [4.78, 5) is 4.47. The number of aliphatic hydroxyl groups excluding tert-OH is 1. The summed E-state index contributed by atoms with van der Waals surface area (Å²) in [6.07, 6.45) is 1.01. The second kappa shape index (κ2) is 5.06. The first-order chi connectivity index (χ1) is 7.79. The average molecular weight is 232 g/mol. The lowest BCUT2D eigenvalue weighted by atomic mass is 10.1. The molecular weight excluding hydrogens is 220 g/mol. The van der Waals surface area contributed by atoms with Gasteiger partial charge >= 0.3 is 0 Å². The van der Waals surface area contributed by atoms with Gasteiger partial charge in [0.15, 0.2) is 0 Å². The molecule has 1 unspecified atom stereocenters. The summed E-state index contributed by atoms with van der Waals surface area (Å²) in [6, 6.07) is 9.96. The number of hydrogen-bond donors (Lipinski definition) is 1. The number of hydrogen-bond acceptors (Lipinski definition) is 4. The Balaban J connectivity index is 2.02. The lowest BCUT2D eigenvalue weighted by Gasteiger charge is -2.02. The van der Waals surface area contributed by atoms with Crippen LogP contribution in [0.4, 0.5) is 0 Å². The lowest BCUT2D eigenvalue weighted by Crippen LogP contribution is -2.06. The smallest absolute Gasteiger partial charge is 0.0939 e. The zero-order valence-electron chi connectivity index (χ0n) is 8.76. The molecule has 0 aliphatic heterocycles. The molecule has 1 aromatic carbocycles. The molecule has 0 fully saturated rings. The Morgan fingerprint density at radius 2 is 2.25 bits per heavy atom. The van der Waals surface area contributed by atoms with Crippen LogP contribution in [0.5, 0.6) is 0 Å². The maximum absolute atomic E-state index is 9.44. The molecule has 2 rings (SSSR count). The fourth-order valence-corrected chi connectivity index (χ4v) is 2.51. The Kier molecular flexibility index (Phi) is 3.50. The first-order valence-corrected chi connectivity index (χ1v) is 6.00. The van der Waals surface area contributed by atoms with Crippen molar-refractivity contribution in [2.24, 2.45) is 0 Å². The molecule has 0 aliphatic rings. The number of rotatable bonds is 4. The van der Waals surface area contributed by atoms with E-state index in [2.05, 4.69) is 4.98 Å². The minimum absolute atomic E-state index is 0.199. The second-order valence-electron chi connectivity index (χ2n) is 3.63. The van der Waals surface area contributed by atoms with Gasteiger partial charge in [-0.1, -0.05) is 12.1 Å². The first kappa shape index (κ1) is 11.1. The third-order valence-corrected chi connectivity index (χ3v) is 3.45.